The lowest BCUT2D eigenvalue weighted by Gasteiger charge is -2.10. The summed E-state index contributed by atoms with van der Waals surface area (Å²) in [6.45, 7) is 0.0564. The molecule has 2 aromatic carbocycles. The average Bonchev–Trinajstić information content (AvgIpc) is 2.59. The first-order valence-corrected chi connectivity index (χ1v) is 7.64. The minimum absolute atomic E-state index is 0.0564. The van der Waals surface area contributed by atoms with E-state index in [9.17, 15) is 24.6 Å². The van der Waals surface area contributed by atoms with Crippen molar-refractivity contribution in [2.24, 2.45) is 0 Å². The van der Waals surface area contributed by atoms with Crippen LogP contribution in [-0.4, -0.2) is 41.7 Å². The molecule has 0 heterocycles. The molecule has 0 aliphatic rings. The van der Waals surface area contributed by atoms with E-state index in [0.29, 0.717) is 10.9 Å². The van der Waals surface area contributed by atoms with Crippen molar-refractivity contribution in [1.82, 2.24) is 0 Å². The van der Waals surface area contributed by atoms with Gasteiger partial charge in [0.25, 0.3) is 0 Å². The Morgan fingerprint density at radius 2 is 1.56 bits per heavy atom. The van der Waals surface area contributed by atoms with Gasteiger partial charge in [0.15, 0.2) is 5.78 Å². The number of benzene rings is 2. The fourth-order valence-corrected chi connectivity index (χ4v) is 2.63. The van der Waals surface area contributed by atoms with Crippen molar-refractivity contribution in [2.75, 3.05) is 13.7 Å². The third kappa shape index (κ3) is 4.30. The van der Waals surface area contributed by atoms with Gasteiger partial charge in [-0.15, -0.1) is 0 Å². The van der Waals surface area contributed by atoms with E-state index < -0.39 is 29.7 Å². The predicted molar refractivity (Wildman–Crippen MR) is 91.7 cm³/mol. The van der Waals surface area contributed by atoms with Crippen LogP contribution in [0.1, 0.15) is 23.2 Å². The Morgan fingerprint density at radius 3 is 2.20 bits per heavy atom. The van der Waals surface area contributed by atoms with Gasteiger partial charge in [0, 0.05) is 25.5 Å². The molecular weight excluding hydrogens is 324 g/mol. The number of Topliss-reactive ketones (excluding diaryl/α,β-unsaturated/α-hetero) is 1. The third-order valence-electron chi connectivity index (χ3n) is 3.86. The molecule has 0 radical (unpaired) electrons. The molecule has 2 N–H and O–H groups in total. The van der Waals surface area contributed by atoms with E-state index in [1.165, 1.54) is 7.11 Å². The molecule has 0 atom stereocenters. The summed E-state index contributed by atoms with van der Waals surface area (Å²) in [4.78, 5) is 35.6. The lowest BCUT2D eigenvalue weighted by atomic mass is 9.94. The number of fused-ring (bicyclic) bond motifs is 1. The van der Waals surface area contributed by atoms with Crippen LogP contribution in [-0.2, 0) is 14.3 Å². The largest absolute Gasteiger partial charge is 0.478 e. The van der Waals surface area contributed by atoms with Gasteiger partial charge in [0.1, 0.15) is 0 Å². The summed E-state index contributed by atoms with van der Waals surface area (Å²) in [5.74, 6) is -3.22. The molecule has 2 rings (SSSR count). The van der Waals surface area contributed by atoms with Crippen molar-refractivity contribution >= 4 is 28.5 Å². The highest BCUT2D eigenvalue weighted by atomic mass is 16.5. The van der Waals surface area contributed by atoms with Crippen molar-refractivity contribution < 1.29 is 29.3 Å². The van der Waals surface area contributed by atoms with Gasteiger partial charge in [-0.05, 0) is 10.8 Å². The Hall–Kier alpha value is -2.99. The fraction of sp³-hybridized carbons (Fsp3) is 0.211. The number of hydrogen-bond donors (Lipinski definition) is 2. The quantitative estimate of drug-likeness (QED) is 0.565. The van der Waals surface area contributed by atoms with E-state index in [-0.39, 0.29) is 18.6 Å². The number of rotatable bonds is 8. The third-order valence-corrected chi connectivity index (χ3v) is 3.86. The van der Waals surface area contributed by atoms with Crippen molar-refractivity contribution in [3.63, 3.8) is 0 Å². The summed E-state index contributed by atoms with van der Waals surface area (Å²) in [7, 11) is 1.39. The predicted octanol–water partition coefficient (Wildman–Crippen LogP) is 2.91. The summed E-state index contributed by atoms with van der Waals surface area (Å²) >= 11 is 0. The van der Waals surface area contributed by atoms with Crippen LogP contribution in [0.5, 0.6) is 0 Å². The topological polar surface area (TPSA) is 101 Å². The van der Waals surface area contributed by atoms with Crippen molar-refractivity contribution in [2.45, 2.75) is 12.8 Å². The first-order valence-electron chi connectivity index (χ1n) is 7.64. The number of methoxy groups -OCH3 is 1. The molecule has 0 amide bonds. The maximum atomic E-state index is 12.7. The van der Waals surface area contributed by atoms with Crippen molar-refractivity contribution in [3.05, 3.63) is 59.2 Å². The molecule has 0 aromatic heterocycles. The standard InChI is InChI=1S/C19H18O6/c1-25-10-9-15(18(21)22)16(19(23)24)11-17(20)14-8-4-6-12-5-2-3-7-13(12)14/h2-8H,9-11H2,1H3,(H,21,22)(H,23,24). The number of carbonyl (C=O) groups is 3. The first kappa shape index (κ1) is 18.4. The van der Waals surface area contributed by atoms with Crippen LogP contribution in [0.15, 0.2) is 53.6 Å². The number of carbonyl (C=O) groups excluding carboxylic acids is 1. The molecule has 6 nitrogen and oxygen atoms in total. The molecular formula is C19H18O6. The van der Waals surface area contributed by atoms with Gasteiger partial charge < -0.3 is 14.9 Å². The van der Waals surface area contributed by atoms with E-state index in [1.54, 1.807) is 24.3 Å². The summed E-state index contributed by atoms with van der Waals surface area (Å²) in [6, 6.07) is 12.4. The van der Waals surface area contributed by atoms with Gasteiger partial charge in [-0.1, -0.05) is 42.5 Å². The van der Waals surface area contributed by atoms with Gasteiger partial charge >= 0.3 is 11.9 Å². The number of hydrogen-bond acceptors (Lipinski definition) is 4. The molecule has 0 aliphatic heterocycles. The van der Waals surface area contributed by atoms with E-state index in [1.807, 2.05) is 18.2 Å². The Bertz CT molecular complexity index is 845. The van der Waals surface area contributed by atoms with Crippen molar-refractivity contribution in [3.8, 4) is 0 Å². The summed E-state index contributed by atoms with van der Waals surface area (Å²) in [5, 5.41) is 20.2. The van der Waals surface area contributed by atoms with Crippen LogP contribution in [0.25, 0.3) is 10.8 Å². The van der Waals surface area contributed by atoms with Crippen LogP contribution in [0.4, 0.5) is 0 Å². The molecule has 0 fully saturated rings. The summed E-state index contributed by atoms with van der Waals surface area (Å²) < 4.78 is 4.82. The van der Waals surface area contributed by atoms with E-state index in [2.05, 4.69) is 0 Å². The Balaban J connectivity index is 2.43. The number of ketones is 1. The van der Waals surface area contributed by atoms with Gasteiger partial charge in [-0.3, -0.25) is 4.79 Å². The number of ether oxygens (including phenoxy) is 1. The second kappa shape index (κ2) is 8.21. The van der Waals surface area contributed by atoms with Crippen LogP contribution in [0, 0.1) is 0 Å². The van der Waals surface area contributed by atoms with E-state index >= 15 is 0 Å². The molecule has 130 valence electrons. The smallest absolute Gasteiger partial charge is 0.332 e. The molecule has 0 aliphatic carbocycles. The number of aliphatic carboxylic acids is 2. The maximum absolute atomic E-state index is 12.7. The highest BCUT2D eigenvalue weighted by Gasteiger charge is 2.23. The Labute approximate surface area is 144 Å². The summed E-state index contributed by atoms with van der Waals surface area (Å²) in [5.41, 5.74) is -0.362. The lowest BCUT2D eigenvalue weighted by Crippen LogP contribution is -2.16. The fourth-order valence-electron chi connectivity index (χ4n) is 2.63. The van der Waals surface area contributed by atoms with Gasteiger partial charge in [0.2, 0.25) is 0 Å². The zero-order valence-corrected chi connectivity index (χ0v) is 13.7. The van der Waals surface area contributed by atoms with Gasteiger partial charge in [-0.25, -0.2) is 9.59 Å². The van der Waals surface area contributed by atoms with Crippen LogP contribution in [0.2, 0.25) is 0 Å². The van der Waals surface area contributed by atoms with Gasteiger partial charge in [0.05, 0.1) is 17.8 Å². The Morgan fingerprint density at radius 1 is 0.920 bits per heavy atom. The monoisotopic (exact) mass is 342 g/mol. The maximum Gasteiger partial charge on any atom is 0.332 e. The molecule has 0 spiro atoms. The minimum atomic E-state index is -1.41. The second-order valence-electron chi connectivity index (χ2n) is 5.44. The van der Waals surface area contributed by atoms with Gasteiger partial charge in [-0.2, -0.15) is 0 Å². The molecule has 6 heteroatoms. The molecule has 2 aromatic rings. The highest BCUT2D eigenvalue weighted by Crippen LogP contribution is 2.23. The Kier molecular flexibility index (Phi) is 6.03. The molecule has 0 saturated heterocycles. The molecule has 0 bridgehead atoms. The average molecular weight is 342 g/mol. The number of carboxylic acids is 2. The van der Waals surface area contributed by atoms with E-state index in [4.69, 9.17) is 4.74 Å². The normalized spacial score (nSPS) is 11.9. The lowest BCUT2D eigenvalue weighted by molar-refractivity contribution is -0.136. The second-order valence-corrected chi connectivity index (χ2v) is 5.44. The zero-order chi connectivity index (χ0) is 18.4. The van der Waals surface area contributed by atoms with E-state index in [0.717, 1.165) is 5.39 Å². The van der Waals surface area contributed by atoms with Crippen LogP contribution >= 0.6 is 0 Å². The van der Waals surface area contributed by atoms with Crippen LogP contribution < -0.4 is 0 Å². The summed E-state index contributed by atoms with van der Waals surface area (Å²) in [6.07, 6.45) is -0.578. The molecule has 25 heavy (non-hydrogen) atoms. The minimum Gasteiger partial charge on any atom is -0.478 e. The molecule has 0 saturated carbocycles. The van der Waals surface area contributed by atoms with Crippen LogP contribution in [0.3, 0.4) is 0 Å². The highest BCUT2D eigenvalue weighted by molar-refractivity contribution is 6.12. The molecule has 0 unspecified atom stereocenters. The SMILES string of the molecule is COCCC(C(=O)O)=C(CC(=O)c1cccc2ccccc12)C(=O)O. The zero-order valence-electron chi connectivity index (χ0n) is 13.7. The van der Waals surface area contributed by atoms with Crippen molar-refractivity contribution in [1.29, 1.82) is 0 Å². The first-order chi connectivity index (χ1) is 12.0. The number of carboxylic acid groups (broad SMARTS) is 2.